The lowest BCUT2D eigenvalue weighted by molar-refractivity contribution is 0.170. The highest BCUT2D eigenvalue weighted by Crippen LogP contribution is 2.31. The fourth-order valence-electron chi connectivity index (χ4n) is 3.73. The van der Waals surface area contributed by atoms with Gasteiger partial charge in [-0.3, -0.25) is 0 Å². The van der Waals surface area contributed by atoms with Crippen LogP contribution in [0.3, 0.4) is 0 Å². The third-order valence-corrected chi connectivity index (χ3v) is 6.34. The normalized spacial score (nSPS) is 14.8. The summed E-state index contributed by atoms with van der Waals surface area (Å²) in [4.78, 5) is 30.7. The second kappa shape index (κ2) is 9.35. The van der Waals surface area contributed by atoms with Gasteiger partial charge in [-0.2, -0.15) is 0 Å². The lowest BCUT2D eigenvalue weighted by atomic mass is 10.2. The number of fused-ring (bicyclic) bond motifs is 1. The monoisotopic (exact) mass is 535 g/mol. The van der Waals surface area contributed by atoms with E-state index in [0.717, 1.165) is 58.1 Å². The van der Waals surface area contributed by atoms with Gasteiger partial charge in [0.2, 0.25) is 0 Å². The molecule has 3 aromatic rings. The van der Waals surface area contributed by atoms with Crippen molar-refractivity contribution in [2.75, 3.05) is 51.8 Å². The SMILES string of the molecule is COC(=O)NCCn1c(-c2ccccc2I)nc2c(N3CCN(C)CC3)nc(C)nc21. The first-order valence-corrected chi connectivity index (χ1v) is 11.3. The number of piperazine rings is 1. The molecule has 1 amide bonds. The van der Waals surface area contributed by atoms with E-state index in [0.29, 0.717) is 18.9 Å². The van der Waals surface area contributed by atoms with Crippen molar-refractivity contribution >= 4 is 45.7 Å². The Kier molecular flexibility index (Phi) is 6.56. The molecule has 0 saturated carbocycles. The molecule has 2 aromatic heterocycles. The van der Waals surface area contributed by atoms with Crippen molar-refractivity contribution in [1.29, 1.82) is 0 Å². The van der Waals surface area contributed by atoms with Crippen molar-refractivity contribution in [2.45, 2.75) is 13.5 Å². The van der Waals surface area contributed by atoms with E-state index in [4.69, 9.17) is 19.7 Å². The van der Waals surface area contributed by atoms with Crippen LogP contribution >= 0.6 is 22.6 Å². The highest BCUT2D eigenvalue weighted by atomic mass is 127. The summed E-state index contributed by atoms with van der Waals surface area (Å²) in [5.74, 6) is 2.40. The van der Waals surface area contributed by atoms with Crippen molar-refractivity contribution in [3.8, 4) is 11.4 Å². The number of rotatable bonds is 5. The molecule has 164 valence electrons. The molecule has 0 unspecified atom stereocenters. The van der Waals surface area contributed by atoms with Crippen LogP contribution in [-0.2, 0) is 11.3 Å². The summed E-state index contributed by atoms with van der Waals surface area (Å²) < 4.78 is 7.87. The number of anilines is 1. The van der Waals surface area contributed by atoms with Crippen LogP contribution in [0.4, 0.5) is 10.6 Å². The first-order valence-electron chi connectivity index (χ1n) is 10.2. The van der Waals surface area contributed by atoms with Gasteiger partial charge in [0.15, 0.2) is 17.0 Å². The molecule has 4 rings (SSSR count). The van der Waals surface area contributed by atoms with E-state index < -0.39 is 6.09 Å². The molecule has 1 fully saturated rings. The van der Waals surface area contributed by atoms with Crippen molar-refractivity contribution < 1.29 is 9.53 Å². The maximum atomic E-state index is 11.6. The summed E-state index contributed by atoms with van der Waals surface area (Å²) in [6, 6.07) is 8.14. The number of hydrogen-bond donors (Lipinski definition) is 1. The van der Waals surface area contributed by atoms with Crippen LogP contribution in [0, 0.1) is 10.5 Å². The predicted octanol–water partition coefficient (Wildman–Crippen LogP) is 2.51. The molecule has 1 saturated heterocycles. The Morgan fingerprint density at radius 3 is 2.61 bits per heavy atom. The smallest absolute Gasteiger partial charge is 0.406 e. The number of amides is 1. The summed E-state index contributed by atoms with van der Waals surface area (Å²) in [5, 5.41) is 2.76. The molecule has 9 nitrogen and oxygen atoms in total. The van der Waals surface area contributed by atoms with E-state index in [1.165, 1.54) is 7.11 Å². The van der Waals surface area contributed by atoms with E-state index in [9.17, 15) is 4.79 Å². The van der Waals surface area contributed by atoms with Gasteiger partial charge in [0.1, 0.15) is 11.6 Å². The average Bonchev–Trinajstić information content (AvgIpc) is 3.12. The average molecular weight is 535 g/mol. The Morgan fingerprint density at radius 1 is 1.16 bits per heavy atom. The van der Waals surface area contributed by atoms with Crippen LogP contribution in [0.25, 0.3) is 22.6 Å². The fourth-order valence-corrected chi connectivity index (χ4v) is 4.36. The predicted molar refractivity (Wildman–Crippen MR) is 128 cm³/mol. The molecule has 1 aliphatic heterocycles. The summed E-state index contributed by atoms with van der Waals surface area (Å²) in [7, 11) is 3.50. The Morgan fingerprint density at radius 2 is 1.90 bits per heavy atom. The van der Waals surface area contributed by atoms with Crippen molar-refractivity contribution in [1.82, 2.24) is 29.7 Å². The zero-order valence-corrected chi connectivity index (χ0v) is 20.1. The molecule has 0 radical (unpaired) electrons. The lowest BCUT2D eigenvalue weighted by Crippen LogP contribution is -2.45. The molecule has 1 aromatic carbocycles. The van der Waals surface area contributed by atoms with Crippen LogP contribution in [0.5, 0.6) is 0 Å². The summed E-state index contributed by atoms with van der Waals surface area (Å²) in [6.45, 7) is 6.60. The molecule has 0 bridgehead atoms. The fraction of sp³-hybridized carbons (Fsp3) is 0.429. The van der Waals surface area contributed by atoms with Gasteiger partial charge >= 0.3 is 6.09 Å². The van der Waals surface area contributed by atoms with Gasteiger partial charge in [0.25, 0.3) is 0 Å². The van der Waals surface area contributed by atoms with Crippen LogP contribution in [0.2, 0.25) is 0 Å². The number of carbonyl (C=O) groups is 1. The first-order chi connectivity index (χ1) is 15.0. The molecule has 1 aliphatic rings. The third kappa shape index (κ3) is 4.59. The number of aromatic nitrogens is 4. The maximum Gasteiger partial charge on any atom is 0.406 e. The molecule has 10 heteroatoms. The number of nitrogens with one attached hydrogen (secondary N) is 1. The molecule has 0 spiro atoms. The third-order valence-electron chi connectivity index (χ3n) is 5.40. The number of likely N-dealkylation sites (N-methyl/N-ethyl adjacent to an activating group) is 1. The molecule has 0 atom stereocenters. The van der Waals surface area contributed by atoms with E-state index in [2.05, 4.69) is 61.5 Å². The summed E-state index contributed by atoms with van der Waals surface area (Å²) in [5.41, 5.74) is 2.60. The zero-order valence-electron chi connectivity index (χ0n) is 17.9. The number of nitrogens with zero attached hydrogens (tertiary/aromatic N) is 6. The van der Waals surface area contributed by atoms with Gasteiger partial charge in [-0.15, -0.1) is 0 Å². The van der Waals surface area contributed by atoms with Crippen molar-refractivity contribution in [2.24, 2.45) is 0 Å². The molecule has 1 N–H and O–H groups in total. The highest BCUT2D eigenvalue weighted by Gasteiger charge is 2.24. The first kappa shape index (κ1) is 21.8. The second-order valence-electron chi connectivity index (χ2n) is 7.54. The van der Waals surface area contributed by atoms with Gasteiger partial charge in [0, 0.05) is 48.4 Å². The van der Waals surface area contributed by atoms with Gasteiger partial charge in [-0.25, -0.2) is 19.7 Å². The molecule has 3 heterocycles. The minimum atomic E-state index is -0.454. The Balaban J connectivity index is 1.82. The number of methoxy groups -OCH3 is 1. The van der Waals surface area contributed by atoms with E-state index in [1.54, 1.807) is 0 Å². The number of carbonyl (C=O) groups excluding carboxylic acids is 1. The summed E-state index contributed by atoms with van der Waals surface area (Å²) >= 11 is 2.33. The zero-order chi connectivity index (χ0) is 22.0. The minimum Gasteiger partial charge on any atom is -0.453 e. The number of benzene rings is 1. The topological polar surface area (TPSA) is 88.4 Å². The van der Waals surface area contributed by atoms with Gasteiger partial charge in [-0.05, 0) is 42.6 Å². The number of hydrogen-bond acceptors (Lipinski definition) is 7. The summed E-state index contributed by atoms with van der Waals surface area (Å²) in [6.07, 6.45) is -0.454. The van der Waals surface area contributed by atoms with E-state index in [1.807, 2.05) is 19.1 Å². The Labute approximate surface area is 194 Å². The quantitative estimate of drug-likeness (QED) is 0.503. The Bertz CT molecular complexity index is 1090. The largest absolute Gasteiger partial charge is 0.453 e. The highest BCUT2D eigenvalue weighted by molar-refractivity contribution is 14.1. The minimum absolute atomic E-state index is 0.404. The standard InChI is InChI=1S/C21H26IN7O2/c1-14-24-19(28-12-10-27(2)11-13-28)17-20(25-14)29(9-8-23-21(30)31-3)18(26-17)15-6-4-5-7-16(15)22/h4-7H,8-13H2,1-3H3,(H,23,30). The van der Waals surface area contributed by atoms with Crippen LogP contribution < -0.4 is 10.2 Å². The van der Waals surface area contributed by atoms with Crippen LogP contribution in [0.1, 0.15) is 5.82 Å². The number of alkyl carbamates (subject to hydrolysis) is 1. The van der Waals surface area contributed by atoms with E-state index >= 15 is 0 Å². The molecule has 31 heavy (non-hydrogen) atoms. The maximum absolute atomic E-state index is 11.6. The van der Waals surface area contributed by atoms with Gasteiger partial charge in [-0.1, -0.05) is 18.2 Å². The Hall–Kier alpha value is -2.47. The van der Waals surface area contributed by atoms with Crippen LogP contribution in [-0.4, -0.2) is 77.4 Å². The molecule has 0 aliphatic carbocycles. The number of halogens is 1. The second-order valence-corrected chi connectivity index (χ2v) is 8.70. The van der Waals surface area contributed by atoms with Crippen molar-refractivity contribution in [3.05, 3.63) is 33.7 Å². The number of imidazole rings is 1. The van der Waals surface area contributed by atoms with Gasteiger partial charge in [0.05, 0.1) is 7.11 Å². The van der Waals surface area contributed by atoms with Crippen molar-refractivity contribution in [3.63, 3.8) is 0 Å². The lowest BCUT2D eigenvalue weighted by Gasteiger charge is -2.33. The number of ether oxygens (including phenoxy) is 1. The van der Waals surface area contributed by atoms with E-state index in [-0.39, 0.29) is 0 Å². The number of aryl methyl sites for hydroxylation is 1. The van der Waals surface area contributed by atoms with Gasteiger partial charge < -0.3 is 24.4 Å². The molecular formula is C21H26IN7O2. The van der Waals surface area contributed by atoms with Crippen LogP contribution in [0.15, 0.2) is 24.3 Å². The molecular weight excluding hydrogens is 509 g/mol.